The van der Waals surface area contributed by atoms with Gasteiger partial charge in [0, 0.05) is 25.7 Å². The summed E-state index contributed by atoms with van der Waals surface area (Å²) in [6.07, 6.45) is 7.54. The minimum absolute atomic E-state index is 0.234. The van der Waals surface area contributed by atoms with Crippen LogP contribution >= 0.6 is 0 Å². The fourth-order valence-electron chi connectivity index (χ4n) is 2.78. The lowest BCUT2D eigenvalue weighted by atomic mass is 9.95. The lowest BCUT2D eigenvalue weighted by Gasteiger charge is -2.37. The monoisotopic (exact) mass is 236 g/mol. The van der Waals surface area contributed by atoms with Crippen LogP contribution in [0.3, 0.4) is 0 Å². The fourth-order valence-corrected chi connectivity index (χ4v) is 2.78. The van der Waals surface area contributed by atoms with Crippen molar-refractivity contribution in [2.24, 2.45) is 5.92 Å². The van der Waals surface area contributed by atoms with Gasteiger partial charge in [-0.25, -0.2) is 0 Å². The second-order valence-corrected chi connectivity index (χ2v) is 5.47. The number of hydrogen-bond donors (Lipinski definition) is 0. The molecule has 17 heavy (non-hydrogen) atoms. The Morgan fingerprint density at radius 1 is 1.29 bits per heavy atom. The second-order valence-electron chi connectivity index (χ2n) is 5.47. The van der Waals surface area contributed by atoms with Crippen molar-refractivity contribution in [2.75, 3.05) is 26.2 Å². The fraction of sp³-hybridized carbons (Fsp3) is 0.786. The molecule has 2 heterocycles. The first-order chi connectivity index (χ1) is 8.18. The average molecular weight is 236 g/mol. The van der Waals surface area contributed by atoms with Crippen molar-refractivity contribution in [1.82, 2.24) is 9.80 Å². The van der Waals surface area contributed by atoms with Crippen LogP contribution in [0.1, 0.15) is 33.1 Å². The van der Waals surface area contributed by atoms with Gasteiger partial charge in [0.1, 0.15) is 0 Å². The highest BCUT2D eigenvalue weighted by molar-refractivity contribution is 5.79. The predicted molar refractivity (Wildman–Crippen MR) is 69.8 cm³/mol. The van der Waals surface area contributed by atoms with E-state index in [-0.39, 0.29) is 5.92 Å². The van der Waals surface area contributed by atoms with Crippen LogP contribution < -0.4 is 0 Å². The van der Waals surface area contributed by atoms with E-state index in [1.165, 1.54) is 0 Å². The molecule has 2 rings (SSSR count). The molecule has 0 aromatic heterocycles. The molecule has 0 N–H and O–H groups in total. The third kappa shape index (κ3) is 3.09. The van der Waals surface area contributed by atoms with Crippen molar-refractivity contribution >= 4 is 5.91 Å². The first kappa shape index (κ1) is 12.6. The molecular formula is C14H24N2O. The van der Waals surface area contributed by atoms with Crippen molar-refractivity contribution in [3.05, 3.63) is 12.2 Å². The van der Waals surface area contributed by atoms with Crippen LogP contribution in [-0.4, -0.2) is 47.9 Å². The predicted octanol–water partition coefficient (Wildman–Crippen LogP) is 1.90. The zero-order chi connectivity index (χ0) is 12.3. The molecule has 0 saturated carbocycles. The summed E-state index contributed by atoms with van der Waals surface area (Å²) >= 11 is 0. The molecule has 0 aliphatic carbocycles. The highest BCUT2D eigenvalue weighted by Gasteiger charge is 2.29. The van der Waals surface area contributed by atoms with Gasteiger partial charge >= 0.3 is 0 Å². The van der Waals surface area contributed by atoms with E-state index >= 15 is 0 Å². The third-order valence-corrected chi connectivity index (χ3v) is 3.90. The molecule has 0 bridgehead atoms. The van der Waals surface area contributed by atoms with Crippen molar-refractivity contribution in [2.45, 2.75) is 39.2 Å². The van der Waals surface area contributed by atoms with E-state index in [1.807, 2.05) is 4.90 Å². The van der Waals surface area contributed by atoms with Gasteiger partial charge in [-0.05, 0) is 39.7 Å². The third-order valence-electron chi connectivity index (χ3n) is 3.90. The Balaban J connectivity index is 1.92. The number of carbonyl (C=O) groups is 1. The maximum Gasteiger partial charge on any atom is 0.227 e. The quantitative estimate of drug-likeness (QED) is 0.684. The molecule has 1 amide bonds. The molecule has 1 atom stereocenters. The lowest BCUT2D eigenvalue weighted by molar-refractivity contribution is -0.137. The van der Waals surface area contributed by atoms with Crippen LogP contribution in [-0.2, 0) is 4.79 Å². The summed E-state index contributed by atoms with van der Waals surface area (Å²) in [6, 6.07) is 0.562. The Kier molecular flexibility index (Phi) is 4.21. The van der Waals surface area contributed by atoms with Gasteiger partial charge in [-0.1, -0.05) is 12.2 Å². The van der Waals surface area contributed by atoms with Crippen molar-refractivity contribution in [3.63, 3.8) is 0 Å². The Labute approximate surface area is 104 Å². The number of rotatable bonds is 2. The Morgan fingerprint density at radius 2 is 2.12 bits per heavy atom. The van der Waals surface area contributed by atoms with Crippen molar-refractivity contribution in [3.8, 4) is 0 Å². The molecular weight excluding hydrogens is 212 g/mol. The number of nitrogens with zero attached hydrogens (tertiary/aromatic N) is 2. The summed E-state index contributed by atoms with van der Waals surface area (Å²) in [4.78, 5) is 16.8. The van der Waals surface area contributed by atoms with E-state index in [9.17, 15) is 4.79 Å². The van der Waals surface area contributed by atoms with E-state index < -0.39 is 0 Å². The molecule has 3 nitrogen and oxygen atoms in total. The summed E-state index contributed by atoms with van der Waals surface area (Å²) in [7, 11) is 0. The molecule has 2 aliphatic heterocycles. The van der Waals surface area contributed by atoms with Crippen LogP contribution in [0.5, 0.6) is 0 Å². The number of hydrogen-bond acceptors (Lipinski definition) is 2. The first-order valence-corrected chi connectivity index (χ1v) is 6.86. The van der Waals surface area contributed by atoms with Crippen molar-refractivity contribution < 1.29 is 4.79 Å². The van der Waals surface area contributed by atoms with Gasteiger partial charge in [-0.2, -0.15) is 0 Å². The summed E-state index contributed by atoms with van der Waals surface area (Å²) < 4.78 is 0. The zero-order valence-electron chi connectivity index (χ0n) is 11.1. The molecule has 1 unspecified atom stereocenters. The van der Waals surface area contributed by atoms with Gasteiger partial charge in [0.2, 0.25) is 5.91 Å². The minimum Gasteiger partial charge on any atom is -0.338 e. The summed E-state index contributed by atoms with van der Waals surface area (Å²) in [5.74, 6) is 0.609. The SMILES string of the molecule is CC(C)N1CCCC(C(=O)N2CC=CCC2)C1. The summed E-state index contributed by atoms with van der Waals surface area (Å²) in [6.45, 7) is 8.27. The molecule has 1 fully saturated rings. The molecule has 0 aromatic carbocycles. The van der Waals surface area contributed by atoms with Crippen LogP contribution in [0, 0.1) is 5.92 Å². The smallest absolute Gasteiger partial charge is 0.227 e. The Hall–Kier alpha value is -0.830. The number of likely N-dealkylation sites (tertiary alicyclic amines) is 1. The molecule has 96 valence electrons. The van der Waals surface area contributed by atoms with E-state index in [4.69, 9.17) is 0 Å². The number of piperidine rings is 1. The van der Waals surface area contributed by atoms with Crippen LogP contribution in [0.4, 0.5) is 0 Å². The largest absolute Gasteiger partial charge is 0.338 e. The van der Waals surface area contributed by atoms with E-state index in [1.54, 1.807) is 0 Å². The number of carbonyl (C=O) groups excluding carboxylic acids is 1. The van der Waals surface area contributed by atoms with Gasteiger partial charge in [0.25, 0.3) is 0 Å². The van der Waals surface area contributed by atoms with Crippen LogP contribution in [0.15, 0.2) is 12.2 Å². The summed E-state index contributed by atoms with van der Waals surface area (Å²) in [5, 5.41) is 0. The van der Waals surface area contributed by atoms with Gasteiger partial charge in [0.05, 0.1) is 5.92 Å². The summed E-state index contributed by atoms with van der Waals surface area (Å²) in [5.41, 5.74) is 0. The van der Waals surface area contributed by atoms with E-state index in [0.29, 0.717) is 11.9 Å². The van der Waals surface area contributed by atoms with Crippen molar-refractivity contribution in [1.29, 1.82) is 0 Å². The Morgan fingerprint density at radius 3 is 2.76 bits per heavy atom. The van der Waals surface area contributed by atoms with Crippen LogP contribution in [0.25, 0.3) is 0 Å². The molecule has 0 aromatic rings. The van der Waals surface area contributed by atoms with E-state index in [0.717, 1.165) is 45.4 Å². The number of amides is 1. The Bertz CT molecular complexity index is 299. The van der Waals surface area contributed by atoms with Gasteiger partial charge in [-0.15, -0.1) is 0 Å². The van der Waals surface area contributed by atoms with Gasteiger partial charge in [-0.3, -0.25) is 4.79 Å². The molecule has 3 heteroatoms. The maximum absolute atomic E-state index is 12.4. The second kappa shape index (κ2) is 5.67. The highest BCUT2D eigenvalue weighted by atomic mass is 16.2. The molecule has 0 spiro atoms. The molecule has 2 aliphatic rings. The first-order valence-electron chi connectivity index (χ1n) is 6.86. The molecule has 1 saturated heterocycles. The molecule has 0 radical (unpaired) electrons. The van der Waals surface area contributed by atoms with E-state index in [2.05, 4.69) is 30.9 Å². The minimum atomic E-state index is 0.234. The normalized spacial score (nSPS) is 26.5. The van der Waals surface area contributed by atoms with Gasteiger partial charge in [0.15, 0.2) is 0 Å². The maximum atomic E-state index is 12.4. The highest BCUT2D eigenvalue weighted by Crippen LogP contribution is 2.21. The lowest BCUT2D eigenvalue weighted by Crippen LogP contribution is -2.47. The van der Waals surface area contributed by atoms with Crippen LogP contribution in [0.2, 0.25) is 0 Å². The standard InChI is InChI=1S/C14H24N2O/c1-12(2)16-10-6-7-13(11-16)14(17)15-8-4-3-5-9-15/h3-4,12-13H,5-11H2,1-2H3. The topological polar surface area (TPSA) is 23.6 Å². The zero-order valence-corrected chi connectivity index (χ0v) is 11.1. The van der Waals surface area contributed by atoms with Gasteiger partial charge < -0.3 is 9.80 Å². The average Bonchev–Trinajstić information content (AvgIpc) is 2.39.